The van der Waals surface area contributed by atoms with Crippen molar-refractivity contribution in [1.29, 1.82) is 0 Å². The van der Waals surface area contributed by atoms with Gasteiger partial charge in [0.05, 0.1) is 0 Å². The van der Waals surface area contributed by atoms with Crippen LogP contribution in [0.1, 0.15) is 42.6 Å². The SMILES string of the molecule is Cn1c(C(=O)NCCNC(=O)C2CCCCC2)cc2ccccc21. The quantitative estimate of drug-likeness (QED) is 0.829. The van der Waals surface area contributed by atoms with Gasteiger partial charge in [0.25, 0.3) is 5.91 Å². The number of nitrogens with zero attached hydrogens (tertiary/aromatic N) is 1. The molecular weight excluding hydrogens is 302 g/mol. The summed E-state index contributed by atoms with van der Waals surface area (Å²) in [6.45, 7) is 0.920. The molecule has 0 atom stereocenters. The molecule has 2 amide bonds. The van der Waals surface area contributed by atoms with Gasteiger partial charge in [-0.1, -0.05) is 37.5 Å². The predicted molar refractivity (Wildman–Crippen MR) is 94.8 cm³/mol. The second-order valence-corrected chi connectivity index (χ2v) is 6.53. The molecule has 1 aliphatic carbocycles. The van der Waals surface area contributed by atoms with E-state index in [-0.39, 0.29) is 17.7 Å². The van der Waals surface area contributed by atoms with E-state index in [2.05, 4.69) is 10.6 Å². The van der Waals surface area contributed by atoms with Gasteiger partial charge in [-0.2, -0.15) is 0 Å². The van der Waals surface area contributed by atoms with E-state index in [1.165, 1.54) is 6.42 Å². The Morgan fingerprint density at radius 2 is 1.79 bits per heavy atom. The van der Waals surface area contributed by atoms with Crippen LogP contribution in [-0.4, -0.2) is 29.5 Å². The summed E-state index contributed by atoms with van der Waals surface area (Å²) in [5.74, 6) is 0.182. The van der Waals surface area contributed by atoms with Crippen molar-refractivity contribution in [3.8, 4) is 0 Å². The van der Waals surface area contributed by atoms with E-state index in [1.807, 2.05) is 41.9 Å². The van der Waals surface area contributed by atoms with Crippen LogP contribution in [-0.2, 0) is 11.8 Å². The van der Waals surface area contributed by atoms with Gasteiger partial charge < -0.3 is 15.2 Å². The second-order valence-electron chi connectivity index (χ2n) is 6.53. The minimum absolute atomic E-state index is 0.111. The molecule has 0 unspecified atom stereocenters. The third-order valence-electron chi connectivity index (χ3n) is 4.87. The van der Waals surface area contributed by atoms with Crippen LogP contribution in [0.2, 0.25) is 0 Å². The highest BCUT2D eigenvalue weighted by Crippen LogP contribution is 2.23. The molecule has 0 radical (unpaired) electrons. The molecule has 5 nitrogen and oxygen atoms in total. The summed E-state index contributed by atoms with van der Waals surface area (Å²) in [7, 11) is 1.89. The molecule has 1 aliphatic rings. The second kappa shape index (κ2) is 7.51. The molecule has 1 fully saturated rings. The zero-order chi connectivity index (χ0) is 16.9. The fraction of sp³-hybridized carbons (Fsp3) is 0.474. The molecule has 1 heterocycles. The third-order valence-corrected chi connectivity index (χ3v) is 4.87. The van der Waals surface area contributed by atoms with Gasteiger partial charge in [-0.05, 0) is 25.0 Å². The highest BCUT2D eigenvalue weighted by Gasteiger charge is 2.20. The number of hydrogen-bond donors (Lipinski definition) is 2. The number of carbonyl (C=O) groups excluding carboxylic acids is 2. The largest absolute Gasteiger partial charge is 0.354 e. The lowest BCUT2D eigenvalue weighted by Gasteiger charge is -2.20. The smallest absolute Gasteiger partial charge is 0.267 e. The number of para-hydroxylation sites is 1. The summed E-state index contributed by atoms with van der Waals surface area (Å²) < 4.78 is 1.89. The predicted octanol–water partition coefficient (Wildman–Crippen LogP) is 2.60. The Hall–Kier alpha value is -2.30. The molecule has 0 saturated heterocycles. The summed E-state index contributed by atoms with van der Waals surface area (Å²) in [6.07, 6.45) is 5.53. The lowest BCUT2D eigenvalue weighted by Crippen LogP contribution is -2.38. The van der Waals surface area contributed by atoms with E-state index in [9.17, 15) is 9.59 Å². The molecule has 2 aromatic rings. The van der Waals surface area contributed by atoms with Gasteiger partial charge in [0.1, 0.15) is 5.69 Å². The standard InChI is InChI=1S/C19H25N3O2/c1-22-16-10-6-5-9-15(16)13-17(22)19(24)21-12-11-20-18(23)14-7-3-2-4-8-14/h5-6,9-10,13-14H,2-4,7-8,11-12H2,1H3,(H,20,23)(H,21,24). The summed E-state index contributed by atoms with van der Waals surface area (Å²) in [4.78, 5) is 24.4. The molecule has 0 aliphatic heterocycles. The van der Waals surface area contributed by atoms with Crippen LogP contribution in [0.25, 0.3) is 10.9 Å². The van der Waals surface area contributed by atoms with Crippen molar-refractivity contribution < 1.29 is 9.59 Å². The highest BCUT2D eigenvalue weighted by atomic mass is 16.2. The van der Waals surface area contributed by atoms with Crippen molar-refractivity contribution in [2.45, 2.75) is 32.1 Å². The van der Waals surface area contributed by atoms with Crippen molar-refractivity contribution >= 4 is 22.7 Å². The Kier molecular flexibility index (Phi) is 5.18. The van der Waals surface area contributed by atoms with Gasteiger partial charge >= 0.3 is 0 Å². The lowest BCUT2D eigenvalue weighted by molar-refractivity contribution is -0.125. The van der Waals surface area contributed by atoms with Crippen molar-refractivity contribution in [2.75, 3.05) is 13.1 Å². The topological polar surface area (TPSA) is 63.1 Å². The van der Waals surface area contributed by atoms with Gasteiger partial charge in [-0.15, -0.1) is 0 Å². The van der Waals surface area contributed by atoms with Crippen LogP contribution in [0.3, 0.4) is 0 Å². The number of benzene rings is 1. The average Bonchev–Trinajstić information content (AvgIpc) is 2.96. The van der Waals surface area contributed by atoms with Gasteiger partial charge in [-0.3, -0.25) is 9.59 Å². The maximum absolute atomic E-state index is 12.3. The number of fused-ring (bicyclic) bond motifs is 1. The van der Waals surface area contributed by atoms with E-state index in [0.717, 1.165) is 36.6 Å². The summed E-state index contributed by atoms with van der Waals surface area (Å²) in [5, 5.41) is 6.88. The molecule has 5 heteroatoms. The van der Waals surface area contributed by atoms with Crippen molar-refractivity contribution in [3.63, 3.8) is 0 Å². The summed E-state index contributed by atoms with van der Waals surface area (Å²) in [5.41, 5.74) is 1.67. The number of rotatable bonds is 5. The number of hydrogen-bond acceptors (Lipinski definition) is 2. The number of carbonyl (C=O) groups is 2. The van der Waals surface area contributed by atoms with E-state index in [1.54, 1.807) is 0 Å². The Labute approximate surface area is 142 Å². The molecule has 0 bridgehead atoms. The van der Waals surface area contributed by atoms with Crippen LogP contribution in [0.4, 0.5) is 0 Å². The summed E-state index contributed by atoms with van der Waals surface area (Å²) >= 11 is 0. The molecule has 1 saturated carbocycles. The van der Waals surface area contributed by atoms with Crippen LogP contribution in [0.5, 0.6) is 0 Å². The van der Waals surface area contributed by atoms with E-state index >= 15 is 0 Å². The minimum Gasteiger partial charge on any atom is -0.354 e. The van der Waals surface area contributed by atoms with E-state index in [4.69, 9.17) is 0 Å². The fourth-order valence-corrected chi connectivity index (χ4v) is 3.47. The lowest BCUT2D eigenvalue weighted by atomic mass is 9.89. The Balaban J connectivity index is 1.48. The number of aryl methyl sites for hydroxylation is 1. The van der Waals surface area contributed by atoms with Gasteiger partial charge in [-0.25, -0.2) is 0 Å². The van der Waals surface area contributed by atoms with Gasteiger partial charge in [0.2, 0.25) is 5.91 Å². The van der Waals surface area contributed by atoms with Crippen LogP contribution in [0, 0.1) is 5.92 Å². The monoisotopic (exact) mass is 327 g/mol. The van der Waals surface area contributed by atoms with Crippen molar-refractivity contribution in [2.24, 2.45) is 13.0 Å². The molecule has 1 aromatic carbocycles. The van der Waals surface area contributed by atoms with Crippen molar-refractivity contribution in [3.05, 3.63) is 36.0 Å². The van der Waals surface area contributed by atoms with Crippen LogP contribution < -0.4 is 10.6 Å². The fourth-order valence-electron chi connectivity index (χ4n) is 3.47. The summed E-state index contributed by atoms with van der Waals surface area (Å²) in [6, 6.07) is 9.81. The van der Waals surface area contributed by atoms with Crippen LogP contribution >= 0.6 is 0 Å². The first-order valence-corrected chi connectivity index (χ1v) is 8.77. The van der Waals surface area contributed by atoms with Crippen LogP contribution in [0.15, 0.2) is 30.3 Å². The first kappa shape index (κ1) is 16.6. The third kappa shape index (κ3) is 3.61. The Morgan fingerprint density at radius 3 is 2.54 bits per heavy atom. The molecule has 3 rings (SSSR count). The molecule has 1 aromatic heterocycles. The maximum atomic E-state index is 12.3. The normalized spacial score (nSPS) is 15.4. The molecule has 24 heavy (non-hydrogen) atoms. The van der Waals surface area contributed by atoms with E-state index < -0.39 is 0 Å². The number of nitrogens with one attached hydrogen (secondary N) is 2. The molecule has 128 valence electrons. The minimum atomic E-state index is -0.111. The first-order chi connectivity index (χ1) is 11.7. The van der Waals surface area contributed by atoms with Crippen molar-refractivity contribution in [1.82, 2.24) is 15.2 Å². The number of aromatic nitrogens is 1. The molecule has 2 N–H and O–H groups in total. The zero-order valence-corrected chi connectivity index (χ0v) is 14.2. The van der Waals surface area contributed by atoms with E-state index in [0.29, 0.717) is 18.8 Å². The molecular formula is C19H25N3O2. The Morgan fingerprint density at radius 1 is 1.08 bits per heavy atom. The maximum Gasteiger partial charge on any atom is 0.267 e. The number of amides is 2. The molecule has 0 spiro atoms. The highest BCUT2D eigenvalue weighted by molar-refractivity contribution is 5.98. The zero-order valence-electron chi connectivity index (χ0n) is 14.2. The average molecular weight is 327 g/mol. The first-order valence-electron chi connectivity index (χ1n) is 8.77. The van der Waals surface area contributed by atoms with Gasteiger partial charge in [0.15, 0.2) is 0 Å². The Bertz CT molecular complexity index is 729. The van der Waals surface area contributed by atoms with Gasteiger partial charge in [0, 0.05) is 37.0 Å².